The van der Waals surface area contributed by atoms with E-state index in [2.05, 4.69) is 15.4 Å². The van der Waals surface area contributed by atoms with Crippen LogP contribution in [0.3, 0.4) is 0 Å². The summed E-state index contributed by atoms with van der Waals surface area (Å²) in [5.74, 6) is -0.687. The number of rotatable bonds is 5. The molecule has 3 amide bonds. The molecule has 0 saturated heterocycles. The van der Waals surface area contributed by atoms with Gasteiger partial charge in [0.1, 0.15) is 5.00 Å². The predicted octanol–water partition coefficient (Wildman–Crippen LogP) is 4.25. The molecule has 0 fully saturated rings. The summed E-state index contributed by atoms with van der Waals surface area (Å²) in [6, 6.07) is 7.16. The first-order valence-corrected chi connectivity index (χ1v) is 9.67. The largest absolute Gasteiger partial charge is 0.453 e. The van der Waals surface area contributed by atoms with Gasteiger partial charge in [0.05, 0.1) is 18.4 Å². The molecule has 0 bridgehead atoms. The molecule has 0 aliphatic heterocycles. The number of aryl methyl sites for hydroxylation is 1. The first-order chi connectivity index (χ1) is 12.3. The number of thioether (sulfide) groups is 1. The third kappa shape index (κ3) is 5.23. The molecule has 9 heteroatoms. The molecule has 138 valence electrons. The number of thiophene rings is 1. The molecule has 0 radical (unpaired) electrons. The standard InChI is InChI=1S/C17H17ClN2O4S2/c1-9-10(2)26-16(14(9)15(22)20-17(23)24-3)19-13(21)8-25-12-6-4-11(18)5-7-12/h4-7H,8H2,1-3H3,(H,19,21)(H,20,22,23). The average molecular weight is 413 g/mol. The van der Waals surface area contributed by atoms with Crippen molar-refractivity contribution in [1.82, 2.24) is 5.32 Å². The van der Waals surface area contributed by atoms with E-state index >= 15 is 0 Å². The van der Waals surface area contributed by atoms with Crippen molar-refractivity contribution >= 4 is 57.6 Å². The average Bonchev–Trinajstić information content (AvgIpc) is 2.88. The van der Waals surface area contributed by atoms with Crippen LogP contribution in [0, 0.1) is 13.8 Å². The van der Waals surface area contributed by atoms with Gasteiger partial charge in [0.15, 0.2) is 0 Å². The number of alkyl carbamates (subject to hydrolysis) is 1. The molecular formula is C17H17ClN2O4S2. The maximum absolute atomic E-state index is 12.3. The lowest BCUT2D eigenvalue weighted by molar-refractivity contribution is -0.113. The Kier molecular flexibility index (Phi) is 7.07. The number of amides is 3. The van der Waals surface area contributed by atoms with Crippen LogP contribution in [0.15, 0.2) is 29.2 Å². The molecule has 2 N–H and O–H groups in total. The smallest absolute Gasteiger partial charge is 0.413 e. The highest BCUT2D eigenvalue weighted by Crippen LogP contribution is 2.32. The van der Waals surface area contributed by atoms with E-state index in [1.807, 2.05) is 19.1 Å². The van der Waals surface area contributed by atoms with E-state index < -0.39 is 12.0 Å². The molecule has 0 unspecified atom stereocenters. The van der Waals surface area contributed by atoms with Crippen molar-refractivity contribution < 1.29 is 19.1 Å². The first-order valence-electron chi connectivity index (χ1n) is 7.49. The molecule has 1 heterocycles. The second-order valence-electron chi connectivity index (χ2n) is 5.22. The Labute approximate surface area is 164 Å². The molecule has 0 saturated carbocycles. The van der Waals surface area contributed by atoms with E-state index in [1.165, 1.54) is 30.2 Å². The highest BCUT2D eigenvalue weighted by Gasteiger charge is 2.22. The molecule has 0 aliphatic rings. The number of hydrogen-bond acceptors (Lipinski definition) is 6. The minimum absolute atomic E-state index is 0.176. The van der Waals surface area contributed by atoms with Crippen molar-refractivity contribution in [2.24, 2.45) is 0 Å². The first kappa shape index (κ1) is 20.3. The summed E-state index contributed by atoms with van der Waals surface area (Å²) in [5.41, 5.74) is 0.972. The fraction of sp³-hybridized carbons (Fsp3) is 0.235. The van der Waals surface area contributed by atoms with Gasteiger partial charge >= 0.3 is 6.09 Å². The SMILES string of the molecule is COC(=O)NC(=O)c1c(NC(=O)CSc2ccc(Cl)cc2)sc(C)c1C. The number of anilines is 1. The zero-order valence-electron chi connectivity index (χ0n) is 14.3. The normalized spacial score (nSPS) is 10.3. The van der Waals surface area contributed by atoms with E-state index in [0.717, 1.165) is 9.77 Å². The van der Waals surface area contributed by atoms with Crippen molar-refractivity contribution in [3.05, 3.63) is 45.3 Å². The number of nitrogens with one attached hydrogen (secondary N) is 2. The number of halogens is 1. The molecule has 1 aromatic heterocycles. The van der Waals surface area contributed by atoms with Gasteiger partial charge in [-0.2, -0.15) is 0 Å². The van der Waals surface area contributed by atoms with Crippen LogP contribution in [0.4, 0.5) is 9.80 Å². The van der Waals surface area contributed by atoms with Crippen LogP contribution >= 0.6 is 34.7 Å². The van der Waals surface area contributed by atoms with E-state index in [9.17, 15) is 14.4 Å². The second-order valence-corrected chi connectivity index (χ2v) is 7.93. The van der Waals surface area contributed by atoms with Crippen molar-refractivity contribution in [2.75, 3.05) is 18.2 Å². The van der Waals surface area contributed by atoms with Gasteiger partial charge in [-0.3, -0.25) is 14.9 Å². The van der Waals surface area contributed by atoms with Gasteiger partial charge in [0, 0.05) is 14.8 Å². The van der Waals surface area contributed by atoms with Gasteiger partial charge in [0.2, 0.25) is 5.91 Å². The fourth-order valence-corrected chi connectivity index (χ4v) is 3.94. The van der Waals surface area contributed by atoms with Crippen LogP contribution in [0.25, 0.3) is 0 Å². The topological polar surface area (TPSA) is 84.5 Å². The summed E-state index contributed by atoms with van der Waals surface area (Å²) in [7, 11) is 1.17. The molecule has 0 atom stereocenters. The Morgan fingerprint density at radius 2 is 1.85 bits per heavy atom. The van der Waals surface area contributed by atoms with Crippen LogP contribution < -0.4 is 10.6 Å². The van der Waals surface area contributed by atoms with E-state index in [1.54, 1.807) is 19.1 Å². The van der Waals surface area contributed by atoms with Crippen molar-refractivity contribution in [3.63, 3.8) is 0 Å². The second kappa shape index (κ2) is 9.07. The fourth-order valence-electron chi connectivity index (χ4n) is 2.04. The highest BCUT2D eigenvalue weighted by atomic mass is 35.5. The summed E-state index contributed by atoms with van der Waals surface area (Å²) >= 11 is 8.47. The number of methoxy groups -OCH3 is 1. The van der Waals surface area contributed by atoms with Crippen LogP contribution in [-0.2, 0) is 9.53 Å². The summed E-state index contributed by atoms with van der Waals surface area (Å²) < 4.78 is 4.44. The monoisotopic (exact) mass is 412 g/mol. The zero-order valence-corrected chi connectivity index (χ0v) is 16.7. The highest BCUT2D eigenvalue weighted by molar-refractivity contribution is 8.00. The Bertz CT molecular complexity index is 834. The maximum Gasteiger partial charge on any atom is 0.413 e. The van der Waals surface area contributed by atoms with Gasteiger partial charge in [-0.1, -0.05) is 11.6 Å². The van der Waals surface area contributed by atoms with Gasteiger partial charge in [-0.25, -0.2) is 4.79 Å². The van der Waals surface area contributed by atoms with Crippen LogP contribution in [0.5, 0.6) is 0 Å². The van der Waals surface area contributed by atoms with Crippen LogP contribution in [0.2, 0.25) is 5.02 Å². The summed E-state index contributed by atoms with van der Waals surface area (Å²) in [6.45, 7) is 3.60. The summed E-state index contributed by atoms with van der Waals surface area (Å²) in [6.07, 6.45) is -0.853. The van der Waals surface area contributed by atoms with Crippen molar-refractivity contribution in [2.45, 2.75) is 18.7 Å². The summed E-state index contributed by atoms with van der Waals surface area (Å²) in [4.78, 5) is 37.6. The summed E-state index contributed by atoms with van der Waals surface area (Å²) in [5, 5.41) is 5.90. The quantitative estimate of drug-likeness (QED) is 0.717. The van der Waals surface area contributed by atoms with Crippen molar-refractivity contribution in [1.29, 1.82) is 0 Å². The Hall–Kier alpha value is -2.03. The third-order valence-electron chi connectivity index (χ3n) is 3.45. The third-order valence-corrected chi connectivity index (χ3v) is 5.84. The van der Waals surface area contributed by atoms with Gasteiger partial charge in [0.25, 0.3) is 5.91 Å². The number of carbonyl (C=O) groups excluding carboxylic acids is 3. The number of benzene rings is 1. The minimum atomic E-state index is -0.853. The Morgan fingerprint density at radius 1 is 1.19 bits per heavy atom. The molecule has 0 spiro atoms. The van der Waals surface area contributed by atoms with Gasteiger partial charge < -0.3 is 10.1 Å². The molecule has 2 rings (SSSR count). The molecule has 0 aliphatic carbocycles. The molecule has 1 aromatic carbocycles. The van der Waals surface area contributed by atoms with E-state index in [-0.39, 0.29) is 17.2 Å². The Morgan fingerprint density at radius 3 is 2.46 bits per heavy atom. The predicted molar refractivity (Wildman–Crippen MR) is 104 cm³/mol. The molecule has 26 heavy (non-hydrogen) atoms. The molecular weight excluding hydrogens is 396 g/mol. The van der Waals surface area contributed by atoms with Crippen LogP contribution in [0.1, 0.15) is 20.8 Å². The van der Waals surface area contributed by atoms with Gasteiger partial charge in [-0.15, -0.1) is 23.1 Å². The lowest BCUT2D eigenvalue weighted by Gasteiger charge is -2.07. The maximum atomic E-state index is 12.3. The number of imide groups is 1. The number of hydrogen-bond donors (Lipinski definition) is 2. The van der Waals surface area contributed by atoms with E-state index in [0.29, 0.717) is 15.6 Å². The number of ether oxygens (including phenoxy) is 1. The minimum Gasteiger partial charge on any atom is -0.453 e. The van der Waals surface area contributed by atoms with Gasteiger partial charge in [-0.05, 0) is 43.7 Å². The number of carbonyl (C=O) groups is 3. The molecule has 2 aromatic rings. The molecule has 6 nitrogen and oxygen atoms in total. The zero-order chi connectivity index (χ0) is 19.3. The van der Waals surface area contributed by atoms with Crippen molar-refractivity contribution in [3.8, 4) is 0 Å². The Balaban J connectivity index is 2.07. The lowest BCUT2D eigenvalue weighted by Crippen LogP contribution is -2.31. The lowest BCUT2D eigenvalue weighted by atomic mass is 10.1. The van der Waals surface area contributed by atoms with E-state index in [4.69, 9.17) is 11.6 Å². The van der Waals surface area contributed by atoms with Crippen LogP contribution in [-0.4, -0.2) is 30.8 Å².